The molecule has 3 aromatic rings. The van der Waals surface area contributed by atoms with Crippen LogP contribution in [0, 0.1) is 0 Å². The van der Waals surface area contributed by atoms with E-state index in [1.165, 1.54) is 16.7 Å². The lowest BCUT2D eigenvalue weighted by atomic mass is 9.96. The maximum absolute atomic E-state index is 5.00. The van der Waals surface area contributed by atoms with E-state index in [2.05, 4.69) is 52.5 Å². The molecule has 1 aromatic carbocycles. The van der Waals surface area contributed by atoms with E-state index in [9.17, 15) is 0 Å². The van der Waals surface area contributed by atoms with Crippen LogP contribution >= 0.6 is 0 Å². The molecule has 0 bridgehead atoms. The predicted octanol–water partition coefficient (Wildman–Crippen LogP) is 4.81. The number of nitrogens with zero attached hydrogens (tertiary/aromatic N) is 3. The first-order chi connectivity index (χ1) is 12.9. The first-order valence-corrected chi connectivity index (χ1v) is 8.81. The minimum atomic E-state index is 0.811. The molecule has 3 heterocycles. The molecule has 124 valence electrons. The lowest BCUT2D eigenvalue weighted by Gasteiger charge is -2.08. The zero-order valence-electron chi connectivity index (χ0n) is 14.3. The summed E-state index contributed by atoms with van der Waals surface area (Å²) in [5.74, 6) is 0. The smallest absolute Gasteiger partial charge is 0.0749 e. The van der Waals surface area contributed by atoms with Gasteiger partial charge < -0.3 is 0 Å². The molecule has 1 aliphatic heterocycles. The quantitative estimate of drug-likeness (QED) is 0.689. The number of aromatic nitrogens is 2. The van der Waals surface area contributed by atoms with Gasteiger partial charge in [0.05, 0.1) is 17.1 Å². The van der Waals surface area contributed by atoms with E-state index in [1.54, 1.807) is 0 Å². The fourth-order valence-electron chi connectivity index (χ4n) is 3.57. The molecule has 0 spiro atoms. The number of hydrogen-bond donors (Lipinski definition) is 0. The van der Waals surface area contributed by atoms with Gasteiger partial charge in [0, 0.05) is 37.0 Å². The molecule has 5 rings (SSSR count). The van der Waals surface area contributed by atoms with Crippen LogP contribution in [-0.4, -0.2) is 15.7 Å². The van der Waals surface area contributed by atoms with Gasteiger partial charge >= 0.3 is 0 Å². The van der Waals surface area contributed by atoms with Crippen LogP contribution in [0.3, 0.4) is 0 Å². The van der Waals surface area contributed by atoms with E-state index in [1.807, 2.05) is 36.8 Å². The summed E-state index contributed by atoms with van der Waals surface area (Å²) in [5, 5.41) is 0. The fraction of sp³-hybridized carbons (Fsp3) is 0.0870. The topological polar surface area (TPSA) is 38.1 Å². The number of rotatable bonds is 3. The van der Waals surface area contributed by atoms with Crippen LogP contribution in [0.1, 0.15) is 34.4 Å². The summed E-state index contributed by atoms with van der Waals surface area (Å²) in [6, 6.07) is 16.7. The van der Waals surface area contributed by atoms with Crippen molar-refractivity contribution in [2.45, 2.75) is 12.8 Å². The number of benzene rings is 1. The average molecular weight is 335 g/mol. The first kappa shape index (κ1) is 15.0. The van der Waals surface area contributed by atoms with Crippen molar-refractivity contribution in [2.24, 2.45) is 4.99 Å². The van der Waals surface area contributed by atoms with Gasteiger partial charge in [-0.25, -0.2) is 0 Å². The van der Waals surface area contributed by atoms with Crippen LogP contribution in [0.4, 0.5) is 0 Å². The van der Waals surface area contributed by atoms with Crippen LogP contribution in [0.2, 0.25) is 0 Å². The molecule has 0 radical (unpaired) electrons. The molecule has 2 aliphatic rings. The van der Waals surface area contributed by atoms with E-state index in [0.29, 0.717) is 0 Å². The molecule has 0 fully saturated rings. The van der Waals surface area contributed by atoms with Crippen molar-refractivity contribution in [1.29, 1.82) is 0 Å². The summed E-state index contributed by atoms with van der Waals surface area (Å²) in [7, 11) is 0. The Labute approximate surface area is 152 Å². The van der Waals surface area contributed by atoms with Crippen molar-refractivity contribution in [1.82, 2.24) is 9.97 Å². The van der Waals surface area contributed by atoms with Gasteiger partial charge in [-0.3, -0.25) is 15.0 Å². The second-order valence-corrected chi connectivity index (χ2v) is 6.53. The number of fused-ring (bicyclic) bond motifs is 1. The molecule has 3 heteroatoms. The second-order valence-electron chi connectivity index (χ2n) is 6.53. The minimum absolute atomic E-state index is 0.811. The van der Waals surface area contributed by atoms with Crippen molar-refractivity contribution in [3.8, 4) is 0 Å². The molecule has 26 heavy (non-hydrogen) atoms. The van der Waals surface area contributed by atoms with E-state index >= 15 is 0 Å². The van der Waals surface area contributed by atoms with E-state index < -0.39 is 0 Å². The van der Waals surface area contributed by atoms with Crippen molar-refractivity contribution >= 4 is 23.1 Å². The maximum atomic E-state index is 5.00. The van der Waals surface area contributed by atoms with E-state index in [4.69, 9.17) is 4.99 Å². The largest absolute Gasteiger partial charge is 0.265 e. The molecule has 0 saturated carbocycles. The van der Waals surface area contributed by atoms with Crippen LogP contribution < -0.4 is 0 Å². The Bertz CT molecular complexity index is 1060. The lowest BCUT2D eigenvalue weighted by molar-refractivity contribution is 1.12. The molecule has 1 aliphatic carbocycles. The normalized spacial score (nSPS) is 15.3. The Morgan fingerprint density at radius 3 is 2.54 bits per heavy atom. The third-order valence-corrected chi connectivity index (χ3v) is 4.90. The molecule has 3 nitrogen and oxygen atoms in total. The summed E-state index contributed by atoms with van der Waals surface area (Å²) < 4.78 is 0. The van der Waals surface area contributed by atoms with Gasteiger partial charge in [-0.2, -0.15) is 0 Å². The first-order valence-electron chi connectivity index (χ1n) is 8.81. The monoisotopic (exact) mass is 335 g/mol. The molecule has 2 aromatic heterocycles. The van der Waals surface area contributed by atoms with Crippen molar-refractivity contribution in [2.75, 3.05) is 0 Å². The Kier molecular flexibility index (Phi) is 3.56. The van der Waals surface area contributed by atoms with Gasteiger partial charge in [-0.1, -0.05) is 42.5 Å². The van der Waals surface area contributed by atoms with E-state index in [-0.39, 0.29) is 0 Å². The van der Waals surface area contributed by atoms with Crippen molar-refractivity contribution < 1.29 is 0 Å². The highest BCUT2D eigenvalue weighted by Gasteiger charge is 2.22. The van der Waals surface area contributed by atoms with Crippen LogP contribution in [0.25, 0.3) is 17.3 Å². The molecule has 0 saturated heterocycles. The lowest BCUT2D eigenvalue weighted by Crippen LogP contribution is -1.98. The highest BCUT2D eigenvalue weighted by Crippen LogP contribution is 2.37. The van der Waals surface area contributed by atoms with Crippen LogP contribution in [-0.2, 0) is 6.42 Å². The Balaban J connectivity index is 1.63. The van der Waals surface area contributed by atoms with Gasteiger partial charge in [0.1, 0.15) is 0 Å². The summed E-state index contributed by atoms with van der Waals surface area (Å²) in [5.41, 5.74) is 9.14. The van der Waals surface area contributed by atoms with Gasteiger partial charge in [0.15, 0.2) is 0 Å². The highest BCUT2D eigenvalue weighted by atomic mass is 14.8. The number of hydrogen-bond acceptors (Lipinski definition) is 3. The van der Waals surface area contributed by atoms with Crippen molar-refractivity contribution in [3.63, 3.8) is 0 Å². The Morgan fingerprint density at radius 2 is 1.69 bits per heavy atom. The third-order valence-electron chi connectivity index (χ3n) is 4.90. The maximum Gasteiger partial charge on any atom is 0.0749 e. The standard InChI is InChI=1S/C23H17N3/c1-2-5-16(6-3-1)22-14-20(23(26-22)17-9-11-24-12-10-17)19-13-18-7-4-8-21(18)25-15-19/h1-7,9-13,15H,8,14H2. The van der Waals surface area contributed by atoms with Crippen LogP contribution in [0.5, 0.6) is 0 Å². The zero-order valence-corrected chi connectivity index (χ0v) is 14.3. The molecule has 0 unspecified atom stereocenters. The Morgan fingerprint density at radius 1 is 0.846 bits per heavy atom. The van der Waals surface area contributed by atoms with Crippen LogP contribution in [0.15, 0.2) is 78.2 Å². The Hall–Kier alpha value is -3.33. The number of aliphatic imine (C=N–C) groups is 1. The number of pyridine rings is 2. The molecular formula is C23H17N3. The van der Waals surface area contributed by atoms with Crippen molar-refractivity contribution in [3.05, 3.63) is 101 Å². The SMILES string of the molecule is C1=Cc2cc(C3=C(c4ccncc4)N=C(c4ccccc4)C3)cnc2C1. The molecule has 0 N–H and O–H groups in total. The van der Waals surface area contributed by atoms with Gasteiger partial charge in [0.2, 0.25) is 0 Å². The predicted molar refractivity (Wildman–Crippen MR) is 106 cm³/mol. The summed E-state index contributed by atoms with van der Waals surface area (Å²) in [6.45, 7) is 0. The third kappa shape index (κ3) is 2.58. The zero-order chi connectivity index (χ0) is 17.3. The summed E-state index contributed by atoms with van der Waals surface area (Å²) in [4.78, 5) is 13.8. The average Bonchev–Trinajstić information content (AvgIpc) is 3.36. The molecular weight excluding hydrogens is 318 g/mol. The van der Waals surface area contributed by atoms with Gasteiger partial charge in [0.25, 0.3) is 0 Å². The van der Waals surface area contributed by atoms with Gasteiger partial charge in [-0.05, 0) is 40.5 Å². The molecule has 0 amide bonds. The summed E-state index contributed by atoms with van der Waals surface area (Å²) >= 11 is 0. The number of allylic oxidation sites excluding steroid dienone is 2. The fourth-order valence-corrected chi connectivity index (χ4v) is 3.57. The summed E-state index contributed by atoms with van der Waals surface area (Å²) in [6.07, 6.45) is 11.7. The second kappa shape index (κ2) is 6.19. The van der Waals surface area contributed by atoms with Gasteiger partial charge in [-0.15, -0.1) is 0 Å². The minimum Gasteiger partial charge on any atom is -0.265 e. The van der Waals surface area contributed by atoms with E-state index in [0.717, 1.165) is 41.1 Å². The highest BCUT2D eigenvalue weighted by molar-refractivity contribution is 6.16. The molecule has 0 atom stereocenters.